The molecule has 0 N–H and O–H groups in total. The number of rotatable bonds is 4. The minimum atomic E-state index is -0.537. The monoisotopic (exact) mass is 377 g/mol. The summed E-state index contributed by atoms with van der Waals surface area (Å²) in [7, 11) is 2.89. The normalized spacial score (nSPS) is 10.8. The number of carbonyl (C=O) groups is 1. The molecule has 0 radical (unpaired) electrons. The summed E-state index contributed by atoms with van der Waals surface area (Å²) in [6, 6.07) is 16.7. The fourth-order valence-electron chi connectivity index (χ4n) is 2.92. The molecule has 2 aromatic heterocycles. The molecule has 7 heteroatoms. The first-order valence-electron chi connectivity index (χ1n) is 8.48. The van der Waals surface area contributed by atoms with E-state index in [1.807, 2.05) is 24.3 Å². The van der Waals surface area contributed by atoms with Crippen LogP contribution in [-0.4, -0.2) is 34.8 Å². The lowest BCUT2D eigenvalue weighted by atomic mass is 10.1. The van der Waals surface area contributed by atoms with Gasteiger partial charge in [0.25, 0.3) is 0 Å². The number of carbonyl (C=O) groups excluding carboxylic acids is 1. The zero-order valence-electron chi connectivity index (χ0n) is 15.2. The highest BCUT2D eigenvalue weighted by Gasteiger charge is 2.17. The Labute approximate surface area is 160 Å². The van der Waals surface area contributed by atoms with Gasteiger partial charge in [-0.3, -0.25) is 0 Å². The minimum absolute atomic E-state index is 0.235. The van der Waals surface area contributed by atoms with Crippen LogP contribution in [0.15, 0.2) is 60.7 Å². The summed E-state index contributed by atoms with van der Waals surface area (Å²) in [6.45, 7) is 0. The van der Waals surface area contributed by atoms with Crippen LogP contribution in [0.2, 0.25) is 0 Å². The SMILES string of the molecule is COC(=O)c1cc(-c2cccc(OC)c2)nc2cc(-c3ccc(F)cc3)nn12. The number of halogens is 1. The van der Waals surface area contributed by atoms with Crippen LogP contribution in [-0.2, 0) is 4.74 Å². The second-order valence-corrected chi connectivity index (χ2v) is 6.06. The molecule has 4 aromatic rings. The highest BCUT2D eigenvalue weighted by atomic mass is 19.1. The highest BCUT2D eigenvalue weighted by molar-refractivity contribution is 5.90. The molecule has 0 aliphatic carbocycles. The second kappa shape index (κ2) is 7.11. The molecule has 0 amide bonds. The first-order chi connectivity index (χ1) is 13.6. The molecule has 6 nitrogen and oxygen atoms in total. The van der Waals surface area contributed by atoms with E-state index in [0.717, 1.165) is 5.56 Å². The van der Waals surface area contributed by atoms with Crippen LogP contribution in [0.4, 0.5) is 4.39 Å². The van der Waals surface area contributed by atoms with Crippen molar-refractivity contribution in [3.05, 3.63) is 72.2 Å². The quantitative estimate of drug-likeness (QED) is 0.503. The molecule has 0 atom stereocenters. The van der Waals surface area contributed by atoms with E-state index < -0.39 is 5.97 Å². The number of fused-ring (bicyclic) bond motifs is 1. The summed E-state index contributed by atoms with van der Waals surface area (Å²) < 4.78 is 24.8. The van der Waals surface area contributed by atoms with Crippen molar-refractivity contribution in [2.75, 3.05) is 14.2 Å². The number of aromatic nitrogens is 3. The third-order valence-electron chi connectivity index (χ3n) is 4.33. The summed E-state index contributed by atoms with van der Waals surface area (Å²) in [5, 5.41) is 4.46. The number of nitrogens with zero attached hydrogens (tertiary/aromatic N) is 3. The number of methoxy groups -OCH3 is 2. The van der Waals surface area contributed by atoms with E-state index in [1.54, 1.807) is 31.4 Å². The first kappa shape index (κ1) is 17.7. The van der Waals surface area contributed by atoms with Crippen LogP contribution in [0.5, 0.6) is 5.75 Å². The standard InChI is InChI=1S/C21H16FN3O3/c1-27-16-5-3-4-14(10-16)17-11-19(21(26)28-2)25-20(23-17)12-18(24-25)13-6-8-15(22)9-7-13/h3-12H,1-2H3. The number of benzene rings is 2. The van der Waals surface area contributed by atoms with E-state index in [2.05, 4.69) is 10.1 Å². The van der Waals surface area contributed by atoms with Crippen molar-refractivity contribution in [3.63, 3.8) is 0 Å². The predicted octanol–water partition coefficient (Wildman–Crippen LogP) is 4.00. The molecule has 28 heavy (non-hydrogen) atoms. The molecule has 0 bridgehead atoms. The van der Waals surface area contributed by atoms with E-state index in [1.165, 1.54) is 23.8 Å². The van der Waals surface area contributed by atoms with Gasteiger partial charge in [0.1, 0.15) is 11.6 Å². The molecular weight excluding hydrogens is 361 g/mol. The minimum Gasteiger partial charge on any atom is -0.497 e. The molecule has 4 rings (SSSR count). The van der Waals surface area contributed by atoms with E-state index in [-0.39, 0.29) is 11.5 Å². The second-order valence-electron chi connectivity index (χ2n) is 6.06. The first-order valence-corrected chi connectivity index (χ1v) is 8.48. The lowest BCUT2D eigenvalue weighted by Gasteiger charge is -2.08. The van der Waals surface area contributed by atoms with Gasteiger partial charge in [-0.25, -0.2) is 18.7 Å². The van der Waals surface area contributed by atoms with Crippen LogP contribution in [0.1, 0.15) is 10.5 Å². The Morgan fingerprint density at radius 3 is 2.46 bits per heavy atom. The summed E-state index contributed by atoms with van der Waals surface area (Å²) in [5.41, 5.74) is 3.36. The highest BCUT2D eigenvalue weighted by Crippen LogP contribution is 2.26. The lowest BCUT2D eigenvalue weighted by Crippen LogP contribution is -2.10. The van der Waals surface area contributed by atoms with E-state index in [9.17, 15) is 9.18 Å². The van der Waals surface area contributed by atoms with Crippen molar-refractivity contribution >= 4 is 11.6 Å². The maximum absolute atomic E-state index is 13.2. The van der Waals surface area contributed by atoms with Crippen LogP contribution >= 0.6 is 0 Å². The largest absolute Gasteiger partial charge is 0.497 e. The van der Waals surface area contributed by atoms with Crippen molar-refractivity contribution in [3.8, 4) is 28.3 Å². The zero-order chi connectivity index (χ0) is 19.7. The number of hydrogen-bond donors (Lipinski definition) is 0. The molecular formula is C21H16FN3O3. The number of hydrogen-bond acceptors (Lipinski definition) is 5. The zero-order valence-corrected chi connectivity index (χ0v) is 15.2. The molecule has 0 fully saturated rings. The Kier molecular flexibility index (Phi) is 4.49. The third kappa shape index (κ3) is 3.18. The Bertz CT molecular complexity index is 1170. The smallest absolute Gasteiger partial charge is 0.356 e. The van der Waals surface area contributed by atoms with Crippen LogP contribution in [0.25, 0.3) is 28.2 Å². The van der Waals surface area contributed by atoms with Crippen molar-refractivity contribution in [2.24, 2.45) is 0 Å². The molecule has 2 aromatic carbocycles. The van der Waals surface area contributed by atoms with Gasteiger partial charge in [0.15, 0.2) is 11.3 Å². The van der Waals surface area contributed by atoms with Crippen molar-refractivity contribution in [2.45, 2.75) is 0 Å². The average Bonchev–Trinajstić information content (AvgIpc) is 3.17. The Hall–Kier alpha value is -3.74. The molecule has 0 spiro atoms. The van der Waals surface area contributed by atoms with E-state index >= 15 is 0 Å². The summed E-state index contributed by atoms with van der Waals surface area (Å²) in [6.07, 6.45) is 0. The van der Waals surface area contributed by atoms with Crippen molar-refractivity contribution in [1.82, 2.24) is 14.6 Å². The Morgan fingerprint density at radius 1 is 0.964 bits per heavy atom. The molecule has 0 unspecified atom stereocenters. The Balaban J connectivity index is 1.91. The fraction of sp³-hybridized carbons (Fsp3) is 0.0952. The lowest BCUT2D eigenvalue weighted by molar-refractivity contribution is 0.0590. The summed E-state index contributed by atoms with van der Waals surface area (Å²) >= 11 is 0. The van der Waals surface area contributed by atoms with Gasteiger partial charge in [-0.2, -0.15) is 5.10 Å². The molecule has 2 heterocycles. The number of esters is 1. The van der Waals surface area contributed by atoms with Gasteiger partial charge in [0, 0.05) is 17.2 Å². The topological polar surface area (TPSA) is 65.7 Å². The average molecular weight is 377 g/mol. The van der Waals surface area contributed by atoms with Gasteiger partial charge in [-0.15, -0.1) is 0 Å². The maximum Gasteiger partial charge on any atom is 0.356 e. The molecule has 0 aliphatic rings. The summed E-state index contributed by atoms with van der Waals surface area (Å²) in [4.78, 5) is 17.0. The van der Waals surface area contributed by atoms with Gasteiger partial charge in [-0.1, -0.05) is 12.1 Å². The number of ether oxygens (including phenoxy) is 2. The van der Waals surface area contributed by atoms with Gasteiger partial charge in [-0.05, 0) is 42.5 Å². The predicted molar refractivity (Wildman–Crippen MR) is 102 cm³/mol. The van der Waals surface area contributed by atoms with Gasteiger partial charge in [0.2, 0.25) is 0 Å². The van der Waals surface area contributed by atoms with Crippen LogP contribution in [0.3, 0.4) is 0 Å². The molecule has 0 aliphatic heterocycles. The van der Waals surface area contributed by atoms with E-state index in [4.69, 9.17) is 9.47 Å². The Morgan fingerprint density at radius 2 is 1.75 bits per heavy atom. The van der Waals surface area contributed by atoms with Crippen LogP contribution < -0.4 is 4.74 Å². The van der Waals surface area contributed by atoms with E-state index in [0.29, 0.717) is 28.3 Å². The van der Waals surface area contributed by atoms with Gasteiger partial charge in [0.05, 0.1) is 25.6 Å². The fourth-order valence-corrected chi connectivity index (χ4v) is 2.92. The van der Waals surface area contributed by atoms with Crippen molar-refractivity contribution < 1.29 is 18.7 Å². The summed E-state index contributed by atoms with van der Waals surface area (Å²) in [5.74, 6) is -0.189. The van der Waals surface area contributed by atoms with Gasteiger partial charge >= 0.3 is 5.97 Å². The molecule has 0 saturated heterocycles. The van der Waals surface area contributed by atoms with Crippen molar-refractivity contribution in [1.29, 1.82) is 0 Å². The maximum atomic E-state index is 13.2. The molecule has 0 saturated carbocycles. The van der Waals surface area contributed by atoms with Crippen LogP contribution in [0, 0.1) is 5.82 Å². The molecule has 140 valence electrons. The van der Waals surface area contributed by atoms with Gasteiger partial charge < -0.3 is 9.47 Å². The third-order valence-corrected chi connectivity index (χ3v) is 4.33.